The number of carbonyl (C=O) groups is 2. The van der Waals surface area contributed by atoms with Gasteiger partial charge in [-0.1, -0.05) is 0 Å². The lowest BCUT2D eigenvalue weighted by Crippen LogP contribution is -2.40. The highest BCUT2D eigenvalue weighted by Gasteiger charge is 2.54. The van der Waals surface area contributed by atoms with Gasteiger partial charge < -0.3 is 33.6 Å². The van der Waals surface area contributed by atoms with Crippen molar-refractivity contribution in [2.45, 2.75) is 89.6 Å². The molecule has 0 bridgehead atoms. The number of nitrogens with zero attached hydrogens (tertiary/aromatic N) is 4. The summed E-state index contributed by atoms with van der Waals surface area (Å²) in [4.78, 5) is 31.5. The standard InChI is InChI=1S/C40H50N5O6P/c1-25(2)45(26(3)4)52(48-21-9-20-41)51-31-15-11-28(12-16-31)42-38(46)27-10-17-32-35(22-27)40(50-39(32)47)33-18-13-29(43(5)6)23-36(33)49-37-24-30(44(7)8)14-19-34(37)40/h10,13-14,17-19,22-26,28,31H,9,11-12,15-16,21H2,1-8H3,(H,42,46). The van der Waals surface area contributed by atoms with E-state index < -0.39 is 20.1 Å². The van der Waals surface area contributed by atoms with Crippen LogP contribution in [-0.4, -0.2) is 75.6 Å². The minimum absolute atomic E-state index is 0.000886. The van der Waals surface area contributed by atoms with Gasteiger partial charge in [-0.3, -0.25) is 4.79 Å². The van der Waals surface area contributed by atoms with Gasteiger partial charge in [0.25, 0.3) is 14.4 Å². The molecule has 11 nitrogen and oxygen atoms in total. The zero-order valence-electron chi connectivity index (χ0n) is 31.4. The lowest BCUT2D eigenvalue weighted by atomic mass is 9.77. The van der Waals surface area contributed by atoms with Crippen molar-refractivity contribution in [3.05, 3.63) is 82.4 Å². The molecule has 52 heavy (non-hydrogen) atoms. The molecule has 1 N–H and O–H groups in total. The van der Waals surface area contributed by atoms with E-state index in [-0.39, 0.29) is 30.1 Å². The van der Waals surface area contributed by atoms with Crippen molar-refractivity contribution in [3.63, 3.8) is 0 Å². The van der Waals surface area contributed by atoms with Crippen LogP contribution in [-0.2, 0) is 19.4 Å². The number of fused-ring (bicyclic) bond motifs is 6. The van der Waals surface area contributed by atoms with Crippen LogP contribution in [0.15, 0.2) is 54.6 Å². The van der Waals surface area contributed by atoms with Crippen LogP contribution < -0.4 is 19.9 Å². The molecule has 1 fully saturated rings. The topological polar surface area (TPSA) is 117 Å². The van der Waals surface area contributed by atoms with Crippen LogP contribution >= 0.6 is 8.53 Å². The highest BCUT2D eigenvalue weighted by atomic mass is 31.2. The lowest BCUT2D eigenvalue weighted by molar-refractivity contribution is 0.0224. The number of benzene rings is 3. The quantitative estimate of drug-likeness (QED) is 0.113. The Kier molecular flexibility index (Phi) is 11.1. The first-order chi connectivity index (χ1) is 24.8. The van der Waals surface area contributed by atoms with E-state index in [1.807, 2.05) is 74.4 Å². The molecule has 12 heteroatoms. The number of hydrogen-bond acceptors (Lipinski definition) is 10. The average Bonchev–Trinajstić information content (AvgIpc) is 3.39. The summed E-state index contributed by atoms with van der Waals surface area (Å²) >= 11 is 0. The second-order valence-corrected chi connectivity index (χ2v) is 16.1. The molecule has 3 aliphatic rings. The number of ether oxygens (including phenoxy) is 2. The number of anilines is 2. The summed E-state index contributed by atoms with van der Waals surface area (Å²) < 4.78 is 27.8. The van der Waals surface area contributed by atoms with E-state index >= 15 is 0 Å². The largest absolute Gasteiger partial charge is 0.456 e. The van der Waals surface area contributed by atoms with Crippen LogP contribution in [0.2, 0.25) is 0 Å². The Hall–Kier alpha value is -4.20. The molecular weight excluding hydrogens is 677 g/mol. The van der Waals surface area contributed by atoms with E-state index in [2.05, 4.69) is 43.8 Å². The number of nitriles is 1. The molecule has 0 radical (unpaired) electrons. The molecule has 276 valence electrons. The van der Waals surface area contributed by atoms with Crippen molar-refractivity contribution in [1.82, 2.24) is 9.99 Å². The van der Waals surface area contributed by atoms with Gasteiger partial charge in [0.2, 0.25) is 0 Å². The Morgan fingerprint density at radius 1 is 0.904 bits per heavy atom. The highest BCUT2D eigenvalue weighted by Crippen LogP contribution is 2.57. The molecule has 1 spiro atoms. The predicted octanol–water partition coefficient (Wildman–Crippen LogP) is 7.72. The van der Waals surface area contributed by atoms with Crippen molar-refractivity contribution >= 4 is 31.8 Å². The molecule has 0 aromatic heterocycles. The van der Waals surface area contributed by atoms with Crippen molar-refractivity contribution in [1.29, 1.82) is 5.26 Å². The lowest BCUT2D eigenvalue weighted by Gasteiger charge is -2.39. The minimum Gasteiger partial charge on any atom is -0.456 e. The summed E-state index contributed by atoms with van der Waals surface area (Å²) in [6, 6.07) is 19.6. The molecular formula is C40H50N5O6P. The van der Waals surface area contributed by atoms with Gasteiger partial charge in [0.1, 0.15) is 11.5 Å². The van der Waals surface area contributed by atoms with Gasteiger partial charge in [-0.25, -0.2) is 9.46 Å². The Labute approximate surface area is 308 Å². The molecule has 1 atom stereocenters. The predicted molar refractivity (Wildman–Crippen MR) is 203 cm³/mol. The van der Waals surface area contributed by atoms with Crippen LogP contribution in [0, 0.1) is 11.3 Å². The normalized spacial score (nSPS) is 19.0. The number of rotatable bonds is 12. The monoisotopic (exact) mass is 727 g/mol. The summed E-state index contributed by atoms with van der Waals surface area (Å²) in [6.07, 6.45) is 3.40. The fraction of sp³-hybridized carbons (Fsp3) is 0.475. The molecule has 1 unspecified atom stereocenters. The third kappa shape index (κ3) is 7.22. The molecule has 1 amide bonds. The molecule has 1 aliphatic carbocycles. The van der Waals surface area contributed by atoms with E-state index in [0.29, 0.717) is 52.3 Å². The summed E-state index contributed by atoms with van der Waals surface area (Å²) in [6.45, 7) is 8.85. The molecule has 3 aromatic rings. The minimum atomic E-state index is -1.33. The third-order valence-electron chi connectivity index (χ3n) is 9.98. The molecule has 1 saturated carbocycles. The second kappa shape index (κ2) is 15.4. The SMILES string of the molecule is CC(C)N(C(C)C)P(OCCC#N)OC1CCC(NC(=O)c2ccc3c(c2)C2(OC3=O)c3ccc(N(C)C)cc3Oc3cc(N(C)C)ccc32)CC1. The second-order valence-electron chi connectivity index (χ2n) is 14.7. The maximum Gasteiger partial charge on any atom is 0.340 e. The van der Waals surface area contributed by atoms with Crippen molar-refractivity contribution < 1.29 is 28.1 Å². The van der Waals surface area contributed by atoms with Crippen LogP contribution in [0.25, 0.3) is 0 Å². The Balaban J connectivity index is 1.24. The van der Waals surface area contributed by atoms with Gasteiger partial charge in [-0.15, -0.1) is 0 Å². The number of carbonyl (C=O) groups excluding carboxylic acids is 2. The van der Waals surface area contributed by atoms with Gasteiger partial charge in [-0.05, 0) is 95.8 Å². The maximum absolute atomic E-state index is 13.9. The number of esters is 1. The summed E-state index contributed by atoms with van der Waals surface area (Å²) in [7, 11) is 6.53. The Morgan fingerprint density at radius 2 is 1.50 bits per heavy atom. The zero-order chi connectivity index (χ0) is 37.3. The Bertz CT molecular complexity index is 1780. The molecule has 2 heterocycles. The highest BCUT2D eigenvalue weighted by molar-refractivity contribution is 7.44. The first-order valence-electron chi connectivity index (χ1n) is 18.1. The molecule has 3 aromatic carbocycles. The Morgan fingerprint density at radius 3 is 2.04 bits per heavy atom. The van der Waals surface area contributed by atoms with Crippen LogP contribution in [0.4, 0.5) is 11.4 Å². The number of amides is 1. The molecule has 2 aliphatic heterocycles. The summed E-state index contributed by atoms with van der Waals surface area (Å²) in [5.74, 6) is 0.534. The number of nitrogens with one attached hydrogen (secondary N) is 1. The summed E-state index contributed by atoms with van der Waals surface area (Å²) in [5, 5.41) is 12.3. The van der Waals surface area contributed by atoms with E-state index in [4.69, 9.17) is 23.8 Å². The van der Waals surface area contributed by atoms with Crippen molar-refractivity contribution in [2.75, 3.05) is 44.6 Å². The third-order valence-corrected chi connectivity index (χ3v) is 12.2. The van der Waals surface area contributed by atoms with Gasteiger partial charge in [0.05, 0.1) is 30.8 Å². The molecule has 0 saturated heterocycles. The van der Waals surface area contributed by atoms with Crippen LogP contribution in [0.5, 0.6) is 11.5 Å². The first-order valence-corrected chi connectivity index (χ1v) is 19.2. The van der Waals surface area contributed by atoms with Gasteiger partial charge in [0, 0.05) is 92.1 Å². The van der Waals surface area contributed by atoms with Crippen molar-refractivity contribution in [3.8, 4) is 17.6 Å². The van der Waals surface area contributed by atoms with Crippen LogP contribution in [0.1, 0.15) is 97.2 Å². The van der Waals surface area contributed by atoms with E-state index in [1.165, 1.54) is 0 Å². The fourth-order valence-electron chi connectivity index (χ4n) is 7.40. The average molecular weight is 728 g/mol. The smallest absolute Gasteiger partial charge is 0.340 e. The van der Waals surface area contributed by atoms with Crippen molar-refractivity contribution in [2.24, 2.45) is 0 Å². The zero-order valence-corrected chi connectivity index (χ0v) is 32.3. The van der Waals surface area contributed by atoms with Crippen LogP contribution in [0.3, 0.4) is 0 Å². The summed E-state index contributed by atoms with van der Waals surface area (Å²) in [5.41, 5.74) is 3.51. The fourth-order valence-corrected chi connectivity index (χ4v) is 9.17. The van der Waals surface area contributed by atoms with Gasteiger partial charge in [0.15, 0.2) is 5.60 Å². The van der Waals surface area contributed by atoms with E-state index in [1.54, 1.807) is 18.2 Å². The maximum atomic E-state index is 13.9. The molecule has 6 rings (SSSR count). The van der Waals surface area contributed by atoms with Gasteiger partial charge in [-0.2, -0.15) is 5.26 Å². The number of hydrogen-bond donors (Lipinski definition) is 1. The van der Waals surface area contributed by atoms with E-state index in [0.717, 1.165) is 37.1 Å². The van der Waals surface area contributed by atoms with E-state index in [9.17, 15) is 9.59 Å². The first kappa shape index (κ1) is 37.6. The van der Waals surface area contributed by atoms with Gasteiger partial charge >= 0.3 is 5.97 Å².